The third-order valence-electron chi connectivity index (χ3n) is 3.00. The standard InChI is InChI=1S/C10H19N3O/c14-10(9-5-4-6-11-9)12-13-7-2-1-3-8-13/h9,11H,1-8H2,(H,12,14)/t9-/m1/s1. The molecule has 2 aliphatic rings. The van der Waals surface area contributed by atoms with Gasteiger partial charge in [-0.2, -0.15) is 0 Å². The molecule has 0 aromatic heterocycles. The molecule has 0 aliphatic carbocycles. The predicted octanol–water partition coefficient (Wildman–Crippen LogP) is 0.255. The van der Waals surface area contributed by atoms with Crippen molar-refractivity contribution in [3.05, 3.63) is 0 Å². The number of carbonyl (C=O) groups excluding carboxylic acids is 1. The number of nitrogens with one attached hydrogen (secondary N) is 2. The number of nitrogens with zero attached hydrogens (tertiary/aromatic N) is 1. The highest BCUT2D eigenvalue weighted by atomic mass is 16.2. The van der Waals surface area contributed by atoms with Crippen LogP contribution >= 0.6 is 0 Å². The van der Waals surface area contributed by atoms with Crippen LogP contribution in [0.1, 0.15) is 32.1 Å². The van der Waals surface area contributed by atoms with E-state index in [0.29, 0.717) is 0 Å². The first-order valence-corrected chi connectivity index (χ1v) is 5.65. The van der Waals surface area contributed by atoms with E-state index in [2.05, 4.69) is 15.8 Å². The normalized spacial score (nSPS) is 29.0. The number of hydrazine groups is 1. The summed E-state index contributed by atoms with van der Waals surface area (Å²) in [7, 11) is 0. The first kappa shape index (κ1) is 9.93. The van der Waals surface area contributed by atoms with Crippen molar-refractivity contribution in [1.82, 2.24) is 15.8 Å². The maximum absolute atomic E-state index is 11.7. The third kappa shape index (κ3) is 2.45. The van der Waals surface area contributed by atoms with Crippen LogP contribution in [0.2, 0.25) is 0 Å². The van der Waals surface area contributed by atoms with Crippen LogP contribution in [0.3, 0.4) is 0 Å². The molecule has 4 nitrogen and oxygen atoms in total. The van der Waals surface area contributed by atoms with Gasteiger partial charge in [0.2, 0.25) is 0 Å². The Hall–Kier alpha value is -0.610. The molecule has 14 heavy (non-hydrogen) atoms. The van der Waals surface area contributed by atoms with Gasteiger partial charge in [-0.3, -0.25) is 10.2 Å². The molecule has 2 rings (SSSR count). The van der Waals surface area contributed by atoms with E-state index < -0.39 is 0 Å². The summed E-state index contributed by atoms with van der Waals surface area (Å²) in [6.45, 7) is 3.01. The van der Waals surface area contributed by atoms with Gasteiger partial charge in [-0.05, 0) is 32.2 Å². The van der Waals surface area contributed by atoms with Gasteiger partial charge >= 0.3 is 0 Å². The summed E-state index contributed by atoms with van der Waals surface area (Å²) in [6, 6.07) is 0.0527. The van der Waals surface area contributed by atoms with Crippen molar-refractivity contribution in [2.75, 3.05) is 19.6 Å². The van der Waals surface area contributed by atoms with Crippen molar-refractivity contribution >= 4 is 5.91 Å². The summed E-state index contributed by atoms with van der Waals surface area (Å²) in [6.07, 6.45) is 5.82. The smallest absolute Gasteiger partial charge is 0.251 e. The molecular formula is C10H19N3O. The Labute approximate surface area is 85.0 Å². The lowest BCUT2D eigenvalue weighted by atomic mass is 10.2. The Kier molecular flexibility index (Phi) is 3.37. The van der Waals surface area contributed by atoms with Crippen LogP contribution in [0, 0.1) is 0 Å². The zero-order valence-electron chi connectivity index (χ0n) is 8.59. The number of hydrogen-bond acceptors (Lipinski definition) is 3. The third-order valence-corrected chi connectivity index (χ3v) is 3.00. The van der Waals surface area contributed by atoms with Crippen LogP contribution in [0.25, 0.3) is 0 Å². The lowest BCUT2D eigenvalue weighted by Crippen LogP contribution is -2.50. The zero-order valence-corrected chi connectivity index (χ0v) is 8.59. The summed E-state index contributed by atoms with van der Waals surface area (Å²) < 4.78 is 0. The molecule has 0 spiro atoms. The maximum atomic E-state index is 11.7. The van der Waals surface area contributed by atoms with Crippen molar-refractivity contribution in [2.24, 2.45) is 0 Å². The van der Waals surface area contributed by atoms with E-state index >= 15 is 0 Å². The molecular weight excluding hydrogens is 178 g/mol. The molecule has 80 valence electrons. The van der Waals surface area contributed by atoms with Crippen molar-refractivity contribution in [3.63, 3.8) is 0 Å². The second-order valence-corrected chi connectivity index (χ2v) is 4.17. The van der Waals surface area contributed by atoms with Crippen LogP contribution < -0.4 is 10.7 Å². The summed E-state index contributed by atoms with van der Waals surface area (Å²) in [4.78, 5) is 11.7. The average Bonchev–Trinajstić information content (AvgIpc) is 2.72. The summed E-state index contributed by atoms with van der Waals surface area (Å²) in [5, 5.41) is 5.27. The summed E-state index contributed by atoms with van der Waals surface area (Å²) in [5.41, 5.74) is 2.99. The fraction of sp³-hybridized carbons (Fsp3) is 0.900. The highest BCUT2D eigenvalue weighted by Crippen LogP contribution is 2.08. The molecule has 0 aromatic carbocycles. The molecule has 0 bridgehead atoms. The molecule has 2 N–H and O–H groups in total. The van der Waals surface area contributed by atoms with Gasteiger partial charge in [0.05, 0.1) is 6.04 Å². The first-order chi connectivity index (χ1) is 6.86. The molecule has 1 amide bonds. The second-order valence-electron chi connectivity index (χ2n) is 4.17. The lowest BCUT2D eigenvalue weighted by molar-refractivity contribution is -0.128. The number of carbonyl (C=O) groups is 1. The highest BCUT2D eigenvalue weighted by Gasteiger charge is 2.23. The molecule has 1 atom stereocenters. The Bertz CT molecular complexity index is 196. The number of hydrogen-bond donors (Lipinski definition) is 2. The monoisotopic (exact) mass is 197 g/mol. The molecule has 4 heteroatoms. The number of rotatable bonds is 2. The molecule has 2 aliphatic heterocycles. The van der Waals surface area contributed by atoms with Crippen molar-refractivity contribution in [3.8, 4) is 0 Å². The van der Waals surface area contributed by atoms with Crippen LogP contribution in [-0.4, -0.2) is 36.6 Å². The minimum Gasteiger partial charge on any atom is -0.306 e. The van der Waals surface area contributed by atoms with Crippen molar-refractivity contribution in [2.45, 2.75) is 38.1 Å². The molecule has 0 aromatic rings. The molecule has 0 saturated carbocycles. The minimum atomic E-state index is 0.0527. The Balaban J connectivity index is 1.75. The summed E-state index contributed by atoms with van der Waals surface area (Å²) in [5.74, 6) is 0.157. The lowest BCUT2D eigenvalue weighted by Gasteiger charge is -2.28. The fourth-order valence-corrected chi connectivity index (χ4v) is 2.15. The average molecular weight is 197 g/mol. The van der Waals surface area contributed by atoms with Crippen molar-refractivity contribution < 1.29 is 4.79 Å². The van der Waals surface area contributed by atoms with Gasteiger partial charge in [0, 0.05) is 13.1 Å². The number of piperidine rings is 1. The van der Waals surface area contributed by atoms with Crippen LogP contribution in [0.15, 0.2) is 0 Å². The molecule has 2 fully saturated rings. The van der Waals surface area contributed by atoms with Crippen LogP contribution in [-0.2, 0) is 4.79 Å². The van der Waals surface area contributed by atoms with Crippen LogP contribution in [0.5, 0.6) is 0 Å². The second kappa shape index (κ2) is 4.75. The van der Waals surface area contributed by atoms with Gasteiger partial charge < -0.3 is 5.32 Å². The zero-order chi connectivity index (χ0) is 9.80. The first-order valence-electron chi connectivity index (χ1n) is 5.65. The molecule has 0 radical (unpaired) electrons. The maximum Gasteiger partial charge on any atom is 0.251 e. The van der Waals surface area contributed by atoms with E-state index in [1.165, 1.54) is 19.3 Å². The van der Waals surface area contributed by atoms with E-state index in [0.717, 1.165) is 32.5 Å². The van der Waals surface area contributed by atoms with Gasteiger partial charge in [0.25, 0.3) is 5.91 Å². The molecule has 0 unspecified atom stereocenters. The Morgan fingerprint density at radius 1 is 1.21 bits per heavy atom. The van der Waals surface area contributed by atoms with E-state index in [9.17, 15) is 4.79 Å². The van der Waals surface area contributed by atoms with Gasteiger partial charge in [0.1, 0.15) is 0 Å². The molecule has 2 saturated heterocycles. The highest BCUT2D eigenvalue weighted by molar-refractivity contribution is 5.81. The van der Waals surface area contributed by atoms with E-state index in [1.807, 2.05) is 0 Å². The van der Waals surface area contributed by atoms with E-state index in [1.54, 1.807) is 0 Å². The van der Waals surface area contributed by atoms with Crippen LogP contribution in [0.4, 0.5) is 0 Å². The van der Waals surface area contributed by atoms with Gasteiger partial charge in [-0.25, -0.2) is 5.01 Å². The SMILES string of the molecule is O=C(NN1CCCCC1)[C@H]1CCCN1. The summed E-state index contributed by atoms with van der Waals surface area (Å²) >= 11 is 0. The topological polar surface area (TPSA) is 44.4 Å². The Morgan fingerprint density at radius 3 is 2.64 bits per heavy atom. The predicted molar refractivity (Wildman–Crippen MR) is 54.6 cm³/mol. The van der Waals surface area contributed by atoms with Gasteiger partial charge in [-0.15, -0.1) is 0 Å². The number of amides is 1. The fourth-order valence-electron chi connectivity index (χ4n) is 2.15. The molecule has 2 heterocycles. The van der Waals surface area contributed by atoms with E-state index in [4.69, 9.17) is 0 Å². The van der Waals surface area contributed by atoms with Gasteiger partial charge in [0.15, 0.2) is 0 Å². The van der Waals surface area contributed by atoms with Gasteiger partial charge in [-0.1, -0.05) is 6.42 Å². The Morgan fingerprint density at radius 2 is 2.00 bits per heavy atom. The van der Waals surface area contributed by atoms with Crippen molar-refractivity contribution in [1.29, 1.82) is 0 Å². The minimum absolute atomic E-state index is 0.0527. The largest absolute Gasteiger partial charge is 0.306 e. The van der Waals surface area contributed by atoms with E-state index in [-0.39, 0.29) is 11.9 Å². The quantitative estimate of drug-likeness (QED) is 0.667.